The molecule has 0 aliphatic carbocycles. The van der Waals surface area contributed by atoms with Crippen molar-refractivity contribution >= 4 is 0 Å². The zero-order valence-corrected chi connectivity index (χ0v) is 9.20. The van der Waals surface area contributed by atoms with Crippen LogP contribution in [0.4, 0.5) is 4.39 Å². The van der Waals surface area contributed by atoms with Crippen LogP contribution < -0.4 is 5.73 Å². The zero-order chi connectivity index (χ0) is 11.5. The molecule has 2 N–H and O–H groups in total. The fourth-order valence-corrected chi connectivity index (χ4v) is 1.78. The average Bonchev–Trinajstić information content (AvgIpc) is 2.31. The van der Waals surface area contributed by atoms with Crippen molar-refractivity contribution in [2.75, 3.05) is 0 Å². The first-order valence-electron chi connectivity index (χ1n) is 5.27. The Morgan fingerprint density at radius 1 is 1.06 bits per heavy atom. The summed E-state index contributed by atoms with van der Waals surface area (Å²) in [6.45, 7) is 2.41. The first-order chi connectivity index (χ1) is 7.72. The van der Waals surface area contributed by atoms with Gasteiger partial charge in [0.2, 0.25) is 0 Å². The van der Waals surface area contributed by atoms with Gasteiger partial charge >= 0.3 is 0 Å². The third-order valence-corrected chi connectivity index (χ3v) is 2.70. The summed E-state index contributed by atoms with van der Waals surface area (Å²) in [5.41, 5.74) is 9.12. The largest absolute Gasteiger partial charge is 0.326 e. The fraction of sp³-hybridized carbons (Fsp3) is 0.143. The molecule has 0 aliphatic heterocycles. The first-order valence-corrected chi connectivity index (χ1v) is 5.27. The third kappa shape index (κ3) is 1.97. The number of nitrogens with two attached hydrogens (primary N) is 1. The van der Waals surface area contributed by atoms with Gasteiger partial charge in [0.05, 0.1) is 0 Å². The molecule has 2 heteroatoms. The van der Waals surface area contributed by atoms with E-state index in [1.54, 1.807) is 6.07 Å². The third-order valence-electron chi connectivity index (χ3n) is 2.70. The van der Waals surface area contributed by atoms with Gasteiger partial charge in [-0.2, -0.15) is 0 Å². The van der Waals surface area contributed by atoms with Crippen LogP contribution in [0.15, 0.2) is 42.5 Å². The van der Waals surface area contributed by atoms with Crippen molar-refractivity contribution in [3.63, 3.8) is 0 Å². The lowest BCUT2D eigenvalue weighted by Crippen LogP contribution is -1.97. The Morgan fingerprint density at radius 3 is 2.50 bits per heavy atom. The maximum absolute atomic E-state index is 13.7. The average molecular weight is 215 g/mol. The number of halogens is 1. The number of hydrogen-bond acceptors (Lipinski definition) is 1. The van der Waals surface area contributed by atoms with Crippen molar-refractivity contribution in [1.29, 1.82) is 0 Å². The molecule has 82 valence electrons. The Morgan fingerprint density at radius 2 is 1.81 bits per heavy atom. The number of rotatable bonds is 2. The van der Waals surface area contributed by atoms with Crippen molar-refractivity contribution in [2.24, 2.45) is 5.73 Å². The van der Waals surface area contributed by atoms with Gasteiger partial charge in [0.25, 0.3) is 0 Å². The van der Waals surface area contributed by atoms with E-state index in [1.807, 2.05) is 37.3 Å². The van der Waals surface area contributed by atoms with Crippen LogP contribution in [-0.2, 0) is 6.54 Å². The lowest BCUT2D eigenvalue weighted by Gasteiger charge is -2.08. The molecule has 0 aromatic heterocycles. The van der Waals surface area contributed by atoms with Crippen molar-refractivity contribution in [1.82, 2.24) is 0 Å². The number of hydrogen-bond donors (Lipinski definition) is 1. The normalized spacial score (nSPS) is 10.4. The van der Waals surface area contributed by atoms with Crippen molar-refractivity contribution in [3.05, 3.63) is 59.4 Å². The summed E-state index contributed by atoms with van der Waals surface area (Å²) in [6, 6.07) is 12.8. The van der Waals surface area contributed by atoms with E-state index in [9.17, 15) is 4.39 Å². The predicted molar refractivity (Wildman–Crippen MR) is 64.5 cm³/mol. The molecule has 0 fully saturated rings. The highest BCUT2D eigenvalue weighted by molar-refractivity contribution is 5.68. The van der Waals surface area contributed by atoms with Crippen LogP contribution in [0.5, 0.6) is 0 Å². The molecule has 0 aliphatic rings. The molecule has 0 saturated carbocycles. The second-order valence-corrected chi connectivity index (χ2v) is 3.83. The van der Waals surface area contributed by atoms with Gasteiger partial charge in [-0.15, -0.1) is 0 Å². The molecule has 2 aromatic carbocycles. The van der Waals surface area contributed by atoms with Crippen LogP contribution in [0.25, 0.3) is 11.1 Å². The summed E-state index contributed by atoms with van der Waals surface area (Å²) < 4.78 is 13.7. The summed E-state index contributed by atoms with van der Waals surface area (Å²) in [5.74, 6) is -0.202. The fourth-order valence-electron chi connectivity index (χ4n) is 1.78. The quantitative estimate of drug-likeness (QED) is 0.817. The SMILES string of the molecule is Cc1ccccc1-c1cc(CN)ccc1F. The Kier molecular flexibility index (Phi) is 3.02. The molecule has 0 atom stereocenters. The molecule has 0 spiro atoms. The van der Waals surface area contributed by atoms with Gasteiger partial charge in [0.15, 0.2) is 0 Å². The summed E-state index contributed by atoms with van der Waals surface area (Å²) >= 11 is 0. The van der Waals surface area contributed by atoms with E-state index in [-0.39, 0.29) is 5.82 Å². The molecule has 2 aromatic rings. The minimum Gasteiger partial charge on any atom is -0.326 e. The molecule has 0 saturated heterocycles. The molecule has 1 nitrogen and oxygen atoms in total. The van der Waals surface area contributed by atoms with E-state index in [4.69, 9.17) is 5.73 Å². The van der Waals surface area contributed by atoms with Crippen molar-refractivity contribution in [3.8, 4) is 11.1 Å². The molecule has 0 unspecified atom stereocenters. The Balaban J connectivity index is 2.59. The van der Waals surface area contributed by atoms with Crippen molar-refractivity contribution in [2.45, 2.75) is 13.5 Å². The van der Waals surface area contributed by atoms with Gasteiger partial charge in [0.1, 0.15) is 5.82 Å². The number of aryl methyl sites for hydroxylation is 1. The summed E-state index contributed by atoms with van der Waals surface area (Å²) in [6.07, 6.45) is 0. The van der Waals surface area contributed by atoms with Crippen LogP contribution in [0.3, 0.4) is 0 Å². The minimum absolute atomic E-state index is 0.202. The smallest absolute Gasteiger partial charge is 0.131 e. The van der Waals surface area contributed by atoms with Crippen molar-refractivity contribution < 1.29 is 4.39 Å². The monoisotopic (exact) mass is 215 g/mol. The standard InChI is InChI=1S/C14H14FN/c1-10-4-2-3-5-12(10)13-8-11(9-16)6-7-14(13)15/h2-8H,9,16H2,1H3. The van der Waals surface area contributed by atoms with E-state index in [0.717, 1.165) is 16.7 Å². The Bertz CT molecular complexity index is 506. The topological polar surface area (TPSA) is 26.0 Å². The Hall–Kier alpha value is -1.67. The summed E-state index contributed by atoms with van der Waals surface area (Å²) in [4.78, 5) is 0. The molecule has 0 amide bonds. The van der Waals surface area contributed by atoms with Crippen LogP contribution in [0.2, 0.25) is 0 Å². The molecular weight excluding hydrogens is 201 g/mol. The number of benzene rings is 2. The lowest BCUT2D eigenvalue weighted by atomic mass is 9.98. The second-order valence-electron chi connectivity index (χ2n) is 3.83. The van der Waals surface area contributed by atoms with Crippen LogP contribution >= 0.6 is 0 Å². The predicted octanol–water partition coefficient (Wildman–Crippen LogP) is 3.26. The van der Waals surface area contributed by atoms with E-state index in [1.165, 1.54) is 6.07 Å². The zero-order valence-electron chi connectivity index (χ0n) is 9.20. The minimum atomic E-state index is -0.202. The maximum Gasteiger partial charge on any atom is 0.131 e. The molecular formula is C14H14FN. The molecule has 0 bridgehead atoms. The van der Waals surface area contributed by atoms with Gasteiger partial charge < -0.3 is 5.73 Å². The molecule has 0 radical (unpaired) electrons. The lowest BCUT2D eigenvalue weighted by molar-refractivity contribution is 0.630. The van der Waals surface area contributed by atoms with Gasteiger partial charge in [-0.3, -0.25) is 0 Å². The van der Waals surface area contributed by atoms with Crippen LogP contribution in [-0.4, -0.2) is 0 Å². The summed E-state index contributed by atoms with van der Waals surface area (Å²) in [7, 11) is 0. The van der Waals surface area contributed by atoms with Crippen LogP contribution in [0.1, 0.15) is 11.1 Å². The Labute approximate surface area is 94.7 Å². The maximum atomic E-state index is 13.7. The highest BCUT2D eigenvalue weighted by Gasteiger charge is 2.07. The van der Waals surface area contributed by atoms with Gasteiger partial charge in [-0.25, -0.2) is 4.39 Å². The summed E-state index contributed by atoms with van der Waals surface area (Å²) in [5, 5.41) is 0. The van der Waals surface area contributed by atoms with Gasteiger partial charge in [-0.1, -0.05) is 30.3 Å². The van der Waals surface area contributed by atoms with E-state index in [0.29, 0.717) is 12.1 Å². The second kappa shape index (κ2) is 4.45. The highest BCUT2D eigenvalue weighted by Crippen LogP contribution is 2.26. The van der Waals surface area contributed by atoms with Gasteiger partial charge in [0, 0.05) is 12.1 Å². The van der Waals surface area contributed by atoms with E-state index < -0.39 is 0 Å². The molecule has 0 heterocycles. The first kappa shape index (κ1) is 10.8. The molecule has 2 rings (SSSR count). The highest BCUT2D eigenvalue weighted by atomic mass is 19.1. The van der Waals surface area contributed by atoms with E-state index in [2.05, 4.69) is 0 Å². The van der Waals surface area contributed by atoms with Crippen LogP contribution in [0, 0.1) is 12.7 Å². The molecule has 16 heavy (non-hydrogen) atoms. The van der Waals surface area contributed by atoms with Gasteiger partial charge in [-0.05, 0) is 35.7 Å². The van der Waals surface area contributed by atoms with E-state index >= 15 is 0 Å².